The molecule has 0 spiro atoms. The summed E-state index contributed by atoms with van der Waals surface area (Å²) in [5, 5.41) is 4.80. The Bertz CT molecular complexity index is 1230. The molecular formula is C25H29N7O5S. The van der Waals surface area contributed by atoms with Crippen LogP contribution in [-0.4, -0.2) is 86.5 Å². The molecule has 12 nitrogen and oxygen atoms in total. The van der Waals surface area contributed by atoms with Crippen LogP contribution in [0.4, 0.5) is 22.1 Å². The third kappa shape index (κ3) is 5.88. The fourth-order valence-electron chi connectivity index (χ4n) is 4.36. The smallest absolute Gasteiger partial charge is 0.414 e. The van der Waals surface area contributed by atoms with E-state index in [1.165, 1.54) is 14.2 Å². The van der Waals surface area contributed by atoms with Crippen LogP contribution in [0.5, 0.6) is 12.0 Å². The SMILES string of the molecule is COc1nc(OC)nc(N2CCN(c3ccc(N4C[C@H](CNC(=O)Cc5cccs5)OC4=O)cc3)CC2)n1. The second-order valence-electron chi connectivity index (χ2n) is 8.78. The van der Waals surface area contributed by atoms with Crippen molar-refractivity contribution in [2.75, 3.05) is 68.2 Å². The van der Waals surface area contributed by atoms with E-state index >= 15 is 0 Å². The van der Waals surface area contributed by atoms with E-state index in [0.29, 0.717) is 18.9 Å². The van der Waals surface area contributed by atoms with E-state index < -0.39 is 12.2 Å². The van der Waals surface area contributed by atoms with Crippen molar-refractivity contribution in [1.29, 1.82) is 0 Å². The molecule has 2 fully saturated rings. The van der Waals surface area contributed by atoms with Crippen LogP contribution >= 0.6 is 11.3 Å². The molecule has 5 rings (SSSR count). The summed E-state index contributed by atoms with van der Waals surface area (Å²) in [6.07, 6.45) is -0.474. The van der Waals surface area contributed by atoms with Gasteiger partial charge >= 0.3 is 18.1 Å². The summed E-state index contributed by atoms with van der Waals surface area (Å²) < 4.78 is 15.8. The van der Waals surface area contributed by atoms with Crippen LogP contribution in [0.15, 0.2) is 41.8 Å². The van der Waals surface area contributed by atoms with Crippen LogP contribution in [0.3, 0.4) is 0 Å². The Morgan fingerprint density at radius 1 is 1.00 bits per heavy atom. The van der Waals surface area contributed by atoms with Gasteiger partial charge in [-0.3, -0.25) is 9.69 Å². The molecule has 200 valence electrons. The number of carbonyl (C=O) groups is 2. The summed E-state index contributed by atoms with van der Waals surface area (Å²) in [6.45, 7) is 3.65. The van der Waals surface area contributed by atoms with Crippen molar-refractivity contribution in [2.45, 2.75) is 12.5 Å². The van der Waals surface area contributed by atoms with Crippen LogP contribution in [-0.2, 0) is 16.0 Å². The number of cyclic esters (lactones) is 1. The van der Waals surface area contributed by atoms with Gasteiger partial charge in [0.15, 0.2) is 0 Å². The zero-order valence-corrected chi connectivity index (χ0v) is 22.0. The molecule has 2 amide bonds. The van der Waals surface area contributed by atoms with Crippen LogP contribution in [0, 0.1) is 0 Å². The fraction of sp³-hybridized carbons (Fsp3) is 0.400. The number of hydrogen-bond acceptors (Lipinski definition) is 11. The van der Waals surface area contributed by atoms with E-state index in [0.717, 1.165) is 42.4 Å². The van der Waals surface area contributed by atoms with Gasteiger partial charge in [0.1, 0.15) is 6.10 Å². The number of ether oxygens (including phenoxy) is 3. The second kappa shape index (κ2) is 11.5. The summed E-state index contributed by atoms with van der Waals surface area (Å²) in [4.78, 5) is 44.3. The Hall–Kier alpha value is -4.13. The van der Waals surface area contributed by atoms with Gasteiger partial charge in [-0.25, -0.2) is 4.79 Å². The average molecular weight is 540 g/mol. The topological polar surface area (TPSA) is 122 Å². The van der Waals surface area contributed by atoms with Gasteiger partial charge in [0.2, 0.25) is 11.9 Å². The predicted molar refractivity (Wildman–Crippen MR) is 142 cm³/mol. The first-order valence-corrected chi connectivity index (χ1v) is 13.1. The quantitative estimate of drug-likeness (QED) is 0.432. The predicted octanol–water partition coefficient (Wildman–Crippen LogP) is 1.96. The molecular weight excluding hydrogens is 510 g/mol. The normalized spacial score (nSPS) is 17.4. The lowest BCUT2D eigenvalue weighted by Crippen LogP contribution is -2.47. The molecule has 2 saturated heterocycles. The molecule has 0 saturated carbocycles. The lowest BCUT2D eigenvalue weighted by molar-refractivity contribution is -0.120. The molecule has 3 aromatic rings. The molecule has 1 atom stereocenters. The van der Waals surface area contributed by atoms with Crippen LogP contribution in [0.1, 0.15) is 4.88 Å². The number of benzene rings is 1. The molecule has 0 bridgehead atoms. The minimum atomic E-state index is -0.410. The zero-order chi connectivity index (χ0) is 26.5. The monoisotopic (exact) mass is 539 g/mol. The summed E-state index contributed by atoms with van der Waals surface area (Å²) in [5.41, 5.74) is 1.82. The maximum absolute atomic E-state index is 12.5. The number of anilines is 3. The molecule has 4 heterocycles. The van der Waals surface area contributed by atoms with Gasteiger partial charge in [-0.1, -0.05) is 6.07 Å². The number of rotatable bonds is 9. The summed E-state index contributed by atoms with van der Waals surface area (Å²) in [6, 6.07) is 12.1. The second-order valence-corrected chi connectivity index (χ2v) is 9.81. The average Bonchev–Trinajstić information content (AvgIpc) is 3.61. The molecule has 0 aliphatic carbocycles. The Kier molecular flexibility index (Phi) is 7.73. The Morgan fingerprint density at radius 2 is 1.66 bits per heavy atom. The number of hydrogen-bond donors (Lipinski definition) is 1. The molecule has 2 aliphatic rings. The molecule has 38 heavy (non-hydrogen) atoms. The van der Waals surface area contributed by atoms with E-state index in [1.54, 1.807) is 16.2 Å². The summed E-state index contributed by atoms with van der Waals surface area (Å²) >= 11 is 1.54. The third-order valence-electron chi connectivity index (χ3n) is 6.35. The number of nitrogens with zero attached hydrogens (tertiary/aromatic N) is 6. The number of amides is 2. The first kappa shape index (κ1) is 25.5. The molecule has 1 N–H and O–H groups in total. The van der Waals surface area contributed by atoms with Gasteiger partial charge in [-0.2, -0.15) is 9.97 Å². The first-order chi connectivity index (χ1) is 18.5. The molecule has 2 aliphatic heterocycles. The van der Waals surface area contributed by atoms with Gasteiger partial charge in [0, 0.05) is 42.4 Å². The van der Waals surface area contributed by atoms with Gasteiger partial charge in [-0.15, -0.1) is 16.3 Å². The molecule has 2 aromatic heterocycles. The number of piperazine rings is 1. The van der Waals surface area contributed by atoms with E-state index in [9.17, 15) is 9.59 Å². The molecule has 1 aromatic carbocycles. The highest BCUT2D eigenvalue weighted by Crippen LogP contribution is 2.26. The maximum Gasteiger partial charge on any atom is 0.414 e. The maximum atomic E-state index is 12.5. The largest absolute Gasteiger partial charge is 0.467 e. The van der Waals surface area contributed by atoms with Crippen LogP contribution in [0.25, 0.3) is 0 Å². The fourth-order valence-corrected chi connectivity index (χ4v) is 5.06. The number of carbonyl (C=O) groups excluding carboxylic acids is 2. The molecule has 0 unspecified atom stereocenters. The highest BCUT2D eigenvalue weighted by Gasteiger charge is 2.32. The first-order valence-electron chi connectivity index (χ1n) is 12.2. The van der Waals surface area contributed by atoms with Crippen molar-refractivity contribution in [2.24, 2.45) is 0 Å². The minimum absolute atomic E-state index is 0.0832. The van der Waals surface area contributed by atoms with Crippen molar-refractivity contribution in [3.8, 4) is 12.0 Å². The van der Waals surface area contributed by atoms with Crippen molar-refractivity contribution in [1.82, 2.24) is 20.3 Å². The number of aromatic nitrogens is 3. The standard InChI is InChI=1S/C25H29N7O5S/c1-35-23-27-22(28-24(29-23)36-2)31-11-9-30(10-12-31)17-5-7-18(8-6-17)32-16-19(37-25(32)34)15-26-21(33)14-20-4-3-13-38-20/h3-8,13,19H,9-12,14-16H2,1-2H3,(H,26,33)/t19-/m0/s1. The van der Waals surface area contributed by atoms with Crippen LogP contribution < -0.4 is 29.5 Å². The van der Waals surface area contributed by atoms with Crippen molar-refractivity contribution in [3.05, 3.63) is 46.7 Å². The van der Waals surface area contributed by atoms with Crippen molar-refractivity contribution in [3.63, 3.8) is 0 Å². The van der Waals surface area contributed by atoms with Crippen LogP contribution in [0.2, 0.25) is 0 Å². The Balaban J connectivity index is 1.13. The number of methoxy groups -OCH3 is 2. The molecule has 13 heteroatoms. The Morgan fingerprint density at radius 3 is 2.29 bits per heavy atom. The van der Waals surface area contributed by atoms with E-state index in [1.807, 2.05) is 41.8 Å². The minimum Gasteiger partial charge on any atom is -0.467 e. The van der Waals surface area contributed by atoms with Gasteiger partial charge in [0.05, 0.1) is 33.7 Å². The third-order valence-corrected chi connectivity index (χ3v) is 7.23. The van der Waals surface area contributed by atoms with E-state index in [-0.39, 0.29) is 24.5 Å². The summed E-state index contributed by atoms with van der Waals surface area (Å²) in [5.74, 6) is 0.439. The van der Waals surface area contributed by atoms with Gasteiger partial charge in [0.25, 0.3) is 0 Å². The van der Waals surface area contributed by atoms with Gasteiger partial charge < -0.3 is 29.3 Å². The Labute approximate surface area is 224 Å². The lowest BCUT2D eigenvalue weighted by atomic mass is 10.2. The van der Waals surface area contributed by atoms with E-state index in [2.05, 4.69) is 30.1 Å². The zero-order valence-electron chi connectivity index (χ0n) is 21.2. The number of thiophene rings is 1. The lowest BCUT2D eigenvalue weighted by Gasteiger charge is -2.36. The van der Waals surface area contributed by atoms with E-state index in [4.69, 9.17) is 14.2 Å². The highest BCUT2D eigenvalue weighted by molar-refractivity contribution is 7.10. The van der Waals surface area contributed by atoms with Gasteiger partial charge in [-0.05, 0) is 35.7 Å². The number of nitrogens with one attached hydrogen (secondary N) is 1. The highest BCUT2D eigenvalue weighted by atomic mass is 32.1. The van der Waals surface area contributed by atoms with Crippen molar-refractivity contribution < 1.29 is 23.8 Å². The molecule has 0 radical (unpaired) electrons. The summed E-state index contributed by atoms with van der Waals surface area (Å²) in [7, 11) is 3.01. The van der Waals surface area contributed by atoms with Crippen molar-refractivity contribution >= 4 is 40.7 Å².